The molecule has 5 heteroatoms. The van der Waals surface area contributed by atoms with Gasteiger partial charge in [0.05, 0.1) is 11.1 Å². The lowest BCUT2D eigenvalue weighted by atomic mass is 10.4. The van der Waals surface area contributed by atoms with Gasteiger partial charge in [-0.2, -0.15) is 11.8 Å². The van der Waals surface area contributed by atoms with Gasteiger partial charge in [0.15, 0.2) is 0 Å². The van der Waals surface area contributed by atoms with Crippen LogP contribution in [0.25, 0.3) is 10.2 Å². The molecule has 2 rings (SSSR count). The molecule has 0 spiro atoms. The van der Waals surface area contributed by atoms with Gasteiger partial charge in [0, 0.05) is 0 Å². The van der Waals surface area contributed by atoms with Crippen molar-refractivity contribution in [3.63, 3.8) is 0 Å². The third kappa shape index (κ3) is 2.41. The zero-order valence-electron chi connectivity index (χ0n) is 8.73. The van der Waals surface area contributed by atoms with Gasteiger partial charge in [-0.15, -0.1) is 11.3 Å². The van der Waals surface area contributed by atoms with E-state index in [4.69, 9.17) is 5.73 Å². The molecule has 0 bridgehead atoms. The van der Waals surface area contributed by atoms with E-state index in [1.165, 1.54) is 0 Å². The highest BCUT2D eigenvalue weighted by atomic mass is 32.2. The molecule has 2 heterocycles. The third-order valence-electron chi connectivity index (χ3n) is 1.95. The third-order valence-corrected chi connectivity index (χ3v) is 3.84. The first-order chi connectivity index (χ1) is 7.16. The van der Waals surface area contributed by atoms with Gasteiger partial charge in [-0.25, -0.2) is 9.97 Å². The average molecular weight is 239 g/mol. The first kappa shape index (κ1) is 10.7. The Morgan fingerprint density at radius 2 is 2.27 bits per heavy atom. The summed E-state index contributed by atoms with van der Waals surface area (Å²) >= 11 is 3.44. The molecular formula is C10H13N3S2. The minimum Gasteiger partial charge on any atom is -0.383 e. The molecular weight excluding hydrogens is 226 g/mol. The Morgan fingerprint density at radius 3 is 3.00 bits per heavy atom. The molecule has 2 N–H and O–H groups in total. The Balaban J connectivity index is 2.28. The van der Waals surface area contributed by atoms with Gasteiger partial charge < -0.3 is 5.73 Å². The zero-order chi connectivity index (χ0) is 10.8. The normalized spacial score (nSPS) is 11.4. The Kier molecular flexibility index (Phi) is 3.11. The topological polar surface area (TPSA) is 51.8 Å². The van der Waals surface area contributed by atoms with Crippen molar-refractivity contribution in [3.8, 4) is 0 Å². The van der Waals surface area contributed by atoms with Crippen molar-refractivity contribution in [2.24, 2.45) is 0 Å². The van der Waals surface area contributed by atoms with Crippen LogP contribution in [0, 0.1) is 0 Å². The van der Waals surface area contributed by atoms with Crippen molar-refractivity contribution in [2.45, 2.75) is 24.9 Å². The molecule has 0 aliphatic carbocycles. The van der Waals surface area contributed by atoms with Crippen LogP contribution < -0.4 is 5.73 Å². The highest BCUT2D eigenvalue weighted by Gasteiger charge is 2.06. The van der Waals surface area contributed by atoms with Crippen LogP contribution in [0.15, 0.2) is 11.4 Å². The van der Waals surface area contributed by atoms with E-state index in [0.29, 0.717) is 11.1 Å². The van der Waals surface area contributed by atoms with Crippen LogP contribution in [-0.2, 0) is 5.75 Å². The number of aromatic nitrogens is 2. The highest BCUT2D eigenvalue weighted by Crippen LogP contribution is 2.24. The summed E-state index contributed by atoms with van der Waals surface area (Å²) in [6, 6.07) is 1.97. The van der Waals surface area contributed by atoms with Crippen LogP contribution in [0.2, 0.25) is 0 Å². The molecule has 15 heavy (non-hydrogen) atoms. The number of rotatable bonds is 3. The van der Waals surface area contributed by atoms with Gasteiger partial charge in [-0.3, -0.25) is 0 Å². The molecule has 2 aromatic heterocycles. The van der Waals surface area contributed by atoms with E-state index in [2.05, 4.69) is 23.8 Å². The second-order valence-corrected chi connectivity index (χ2v) is 5.98. The van der Waals surface area contributed by atoms with Crippen LogP contribution in [0.3, 0.4) is 0 Å². The Hall–Kier alpha value is -0.810. The summed E-state index contributed by atoms with van der Waals surface area (Å²) in [5.41, 5.74) is 5.85. The molecule has 0 aliphatic heterocycles. The molecule has 0 unspecified atom stereocenters. The van der Waals surface area contributed by atoms with Crippen LogP contribution in [0.5, 0.6) is 0 Å². The van der Waals surface area contributed by atoms with Crippen molar-refractivity contribution < 1.29 is 0 Å². The van der Waals surface area contributed by atoms with Gasteiger partial charge in [0.2, 0.25) is 0 Å². The number of nitrogens with two attached hydrogens (primary N) is 1. The molecule has 0 radical (unpaired) electrons. The van der Waals surface area contributed by atoms with E-state index in [0.717, 1.165) is 21.8 Å². The summed E-state index contributed by atoms with van der Waals surface area (Å²) in [4.78, 5) is 9.76. The van der Waals surface area contributed by atoms with Crippen LogP contribution in [0.1, 0.15) is 19.7 Å². The summed E-state index contributed by atoms with van der Waals surface area (Å²) in [6.45, 7) is 4.33. The molecule has 2 aromatic rings. The number of nitrogens with zero attached hydrogens (tertiary/aromatic N) is 2. The van der Waals surface area contributed by atoms with Crippen molar-refractivity contribution >= 4 is 39.1 Å². The highest BCUT2D eigenvalue weighted by molar-refractivity contribution is 7.99. The number of fused-ring (bicyclic) bond motifs is 1. The van der Waals surface area contributed by atoms with E-state index in [1.54, 1.807) is 11.3 Å². The quantitative estimate of drug-likeness (QED) is 0.894. The van der Waals surface area contributed by atoms with Crippen molar-refractivity contribution in [3.05, 3.63) is 17.3 Å². The lowest BCUT2D eigenvalue weighted by Gasteiger charge is -2.04. The summed E-state index contributed by atoms with van der Waals surface area (Å²) in [6.07, 6.45) is 0. The predicted octanol–water partition coefficient (Wildman–Crippen LogP) is 2.92. The SMILES string of the molecule is CC(C)SCc1nc(N)c2ccsc2n1. The minimum absolute atomic E-state index is 0.592. The smallest absolute Gasteiger partial charge is 0.142 e. The summed E-state index contributed by atoms with van der Waals surface area (Å²) in [5, 5.41) is 3.56. The molecule has 3 nitrogen and oxygen atoms in total. The van der Waals surface area contributed by atoms with Crippen molar-refractivity contribution in [1.29, 1.82) is 0 Å². The molecule has 0 saturated heterocycles. The van der Waals surface area contributed by atoms with Gasteiger partial charge >= 0.3 is 0 Å². The number of anilines is 1. The first-order valence-electron chi connectivity index (χ1n) is 4.78. The number of hydrogen-bond donors (Lipinski definition) is 1. The lowest BCUT2D eigenvalue weighted by molar-refractivity contribution is 1.06. The molecule has 0 saturated carbocycles. The number of thioether (sulfide) groups is 1. The predicted molar refractivity (Wildman–Crippen MR) is 68.3 cm³/mol. The van der Waals surface area contributed by atoms with Crippen molar-refractivity contribution in [2.75, 3.05) is 5.73 Å². The number of thiophene rings is 1. The summed E-state index contributed by atoms with van der Waals surface area (Å²) in [7, 11) is 0. The van der Waals surface area contributed by atoms with Crippen LogP contribution in [0.4, 0.5) is 5.82 Å². The molecule has 0 atom stereocenters. The van der Waals surface area contributed by atoms with E-state index in [9.17, 15) is 0 Å². The average Bonchev–Trinajstić information content (AvgIpc) is 2.63. The largest absolute Gasteiger partial charge is 0.383 e. The molecule has 0 aromatic carbocycles. The fourth-order valence-electron chi connectivity index (χ4n) is 1.23. The minimum atomic E-state index is 0.592. The maximum atomic E-state index is 5.85. The van der Waals surface area contributed by atoms with Gasteiger partial charge in [0.25, 0.3) is 0 Å². The van der Waals surface area contributed by atoms with Gasteiger partial charge in [-0.1, -0.05) is 13.8 Å². The molecule has 0 amide bonds. The summed E-state index contributed by atoms with van der Waals surface area (Å²) in [5.74, 6) is 2.26. The monoisotopic (exact) mass is 239 g/mol. The van der Waals surface area contributed by atoms with E-state index >= 15 is 0 Å². The van der Waals surface area contributed by atoms with Crippen LogP contribution in [-0.4, -0.2) is 15.2 Å². The standard InChI is InChI=1S/C10H13N3S2/c1-6(2)15-5-8-12-9(11)7-3-4-14-10(7)13-8/h3-4,6H,5H2,1-2H3,(H2,11,12,13). The van der Waals surface area contributed by atoms with Gasteiger partial charge in [-0.05, 0) is 16.7 Å². The van der Waals surface area contributed by atoms with Crippen molar-refractivity contribution in [1.82, 2.24) is 9.97 Å². The molecule has 80 valence electrons. The van der Waals surface area contributed by atoms with Crippen LogP contribution >= 0.6 is 23.1 Å². The fourth-order valence-corrected chi connectivity index (χ4v) is 2.63. The Bertz CT molecular complexity index is 465. The maximum absolute atomic E-state index is 5.85. The van der Waals surface area contributed by atoms with E-state index in [-0.39, 0.29) is 0 Å². The summed E-state index contributed by atoms with van der Waals surface area (Å²) < 4.78 is 0. The van der Waals surface area contributed by atoms with Gasteiger partial charge in [0.1, 0.15) is 16.5 Å². The number of hydrogen-bond acceptors (Lipinski definition) is 5. The van der Waals surface area contributed by atoms with E-state index < -0.39 is 0 Å². The Morgan fingerprint density at radius 1 is 1.47 bits per heavy atom. The zero-order valence-corrected chi connectivity index (χ0v) is 10.4. The second-order valence-electron chi connectivity index (χ2n) is 3.52. The molecule has 0 fully saturated rings. The lowest BCUT2D eigenvalue weighted by Crippen LogP contribution is -1.99. The second kappa shape index (κ2) is 4.37. The Labute approximate surface area is 97.1 Å². The fraction of sp³-hybridized carbons (Fsp3) is 0.400. The first-order valence-corrected chi connectivity index (χ1v) is 6.71. The van der Waals surface area contributed by atoms with E-state index in [1.807, 2.05) is 23.2 Å². The molecule has 0 aliphatic rings. The number of nitrogen functional groups attached to an aromatic ring is 1. The maximum Gasteiger partial charge on any atom is 0.142 e.